The molecule has 1 amide bonds. The molecule has 0 aliphatic heterocycles. The molecule has 6 nitrogen and oxygen atoms in total. The highest BCUT2D eigenvalue weighted by Crippen LogP contribution is 2.22. The first kappa shape index (κ1) is 19.3. The van der Waals surface area contributed by atoms with Gasteiger partial charge in [-0.15, -0.1) is 0 Å². The molecule has 0 aliphatic rings. The van der Waals surface area contributed by atoms with E-state index in [1.807, 2.05) is 6.07 Å². The summed E-state index contributed by atoms with van der Waals surface area (Å²) in [5, 5.41) is 16.3. The van der Waals surface area contributed by atoms with Crippen molar-refractivity contribution in [2.45, 2.75) is 13.0 Å². The number of carbonyl (C=O) groups excluding carboxylic acids is 1. The van der Waals surface area contributed by atoms with Gasteiger partial charge in [0.25, 0.3) is 5.56 Å². The number of nitrogens with one attached hydrogen (secondary N) is 1. The Kier molecular flexibility index (Phi) is 5.52. The number of amides is 1. The third kappa shape index (κ3) is 4.08. The van der Waals surface area contributed by atoms with Crippen molar-refractivity contribution in [3.8, 4) is 17.3 Å². The number of nitriles is 1. The Balaban J connectivity index is 1.91. The maximum Gasteiger partial charge on any atom is 0.267 e. The maximum atomic E-state index is 13.1. The summed E-state index contributed by atoms with van der Waals surface area (Å²) in [6, 6.07) is 13.9. The van der Waals surface area contributed by atoms with Crippen molar-refractivity contribution in [2.75, 3.05) is 5.32 Å². The minimum atomic E-state index is -0.960. The summed E-state index contributed by atoms with van der Waals surface area (Å²) in [7, 11) is 0. The molecule has 0 fully saturated rings. The summed E-state index contributed by atoms with van der Waals surface area (Å²) in [6.07, 6.45) is 0. The highest BCUT2D eigenvalue weighted by atomic mass is 35.5. The number of hydrogen-bond acceptors (Lipinski definition) is 4. The van der Waals surface area contributed by atoms with Gasteiger partial charge in [0.15, 0.2) is 0 Å². The van der Waals surface area contributed by atoms with E-state index in [0.717, 1.165) is 4.68 Å². The smallest absolute Gasteiger partial charge is 0.267 e. The predicted octanol–water partition coefficient (Wildman–Crippen LogP) is 3.77. The molecule has 28 heavy (non-hydrogen) atoms. The molecule has 3 aromatic rings. The average Bonchev–Trinajstić information content (AvgIpc) is 2.68. The molecule has 0 unspecified atom stereocenters. The molecule has 1 N–H and O–H groups in total. The number of aromatic nitrogens is 2. The van der Waals surface area contributed by atoms with Gasteiger partial charge in [0.2, 0.25) is 5.91 Å². The lowest BCUT2D eigenvalue weighted by atomic mass is 10.1. The van der Waals surface area contributed by atoms with Crippen molar-refractivity contribution in [1.82, 2.24) is 9.78 Å². The van der Waals surface area contributed by atoms with Crippen LogP contribution in [0, 0.1) is 17.1 Å². The Morgan fingerprint density at radius 3 is 2.61 bits per heavy atom. The quantitative estimate of drug-likeness (QED) is 0.727. The van der Waals surface area contributed by atoms with E-state index in [1.54, 1.807) is 0 Å². The molecule has 0 aliphatic carbocycles. The second-order valence-corrected chi connectivity index (χ2v) is 6.41. The third-order valence-corrected chi connectivity index (χ3v) is 4.31. The number of rotatable bonds is 4. The van der Waals surface area contributed by atoms with E-state index in [9.17, 15) is 14.0 Å². The highest BCUT2D eigenvalue weighted by Gasteiger charge is 2.19. The van der Waals surface area contributed by atoms with Gasteiger partial charge in [-0.1, -0.05) is 11.6 Å². The Morgan fingerprint density at radius 2 is 1.93 bits per heavy atom. The van der Waals surface area contributed by atoms with Crippen LogP contribution in [-0.4, -0.2) is 15.7 Å². The molecule has 3 rings (SSSR count). The topological polar surface area (TPSA) is 87.8 Å². The van der Waals surface area contributed by atoms with Crippen LogP contribution in [0.2, 0.25) is 5.02 Å². The molecule has 0 saturated heterocycles. The van der Waals surface area contributed by atoms with Crippen molar-refractivity contribution < 1.29 is 9.18 Å². The molecular weight excluding hydrogens is 383 g/mol. The predicted molar refractivity (Wildman–Crippen MR) is 103 cm³/mol. The first-order valence-corrected chi connectivity index (χ1v) is 8.63. The van der Waals surface area contributed by atoms with Crippen molar-refractivity contribution in [2.24, 2.45) is 0 Å². The molecule has 0 bridgehead atoms. The van der Waals surface area contributed by atoms with Gasteiger partial charge >= 0.3 is 0 Å². The average molecular weight is 397 g/mol. The van der Waals surface area contributed by atoms with Crippen LogP contribution in [0.15, 0.2) is 59.4 Å². The van der Waals surface area contributed by atoms with Crippen molar-refractivity contribution in [3.05, 3.63) is 81.4 Å². The summed E-state index contributed by atoms with van der Waals surface area (Å²) >= 11 is 5.92. The van der Waals surface area contributed by atoms with Gasteiger partial charge in [-0.2, -0.15) is 10.4 Å². The summed E-state index contributed by atoms with van der Waals surface area (Å²) < 4.78 is 14.1. The van der Waals surface area contributed by atoms with E-state index in [0.29, 0.717) is 16.3 Å². The summed E-state index contributed by atoms with van der Waals surface area (Å²) in [4.78, 5) is 24.8. The Bertz CT molecular complexity index is 1140. The zero-order valence-corrected chi connectivity index (χ0v) is 15.4. The van der Waals surface area contributed by atoms with Crippen LogP contribution in [0.4, 0.5) is 10.1 Å². The Morgan fingerprint density at radius 1 is 1.21 bits per heavy atom. The molecule has 0 radical (unpaired) electrons. The third-order valence-electron chi connectivity index (χ3n) is 4.07. The van der Waals surface area contributed by atoms with Crippen molar-refractivity contribution in [1.29, 1.82) is 5.26 Å². The molecule has 1 aromatic heterocycles. The van der Waals surface area contributed by atoms with Gasteiger partial charge in [-0.3, -0.25) is 9.59 Å². The zero-order valence-electron chi connectivity index (χ0n) is 14.7. The molecule has 8 heteroatoms. The van der Waals surface area contributed by atoms with Crippen LogP contribution < -0.4 is 10.9 Å². The molecule has 1 heterocycles. The number of hydrogen-bond donors (Lipinski definition) is 1. The number of benzene rings is 2. The first-order valence-electron chi connectivity index (χ1n) is 8.25. The standard InChI is InChI=1S/C20H14ClFN4O2/c1-12(20(28)24-18-10-15(21)5-2-14(18)11-23)26-19(27)9-8-17(25-26)13-3-6-16(22)7-4-13/h2-10,12H,1H3,(H,24,28)/t12-/m0/s1. The Hall–Kier alpha value is -3.50. The normalized spacial score (nSPS) is 11.5. The van der Waals surface area contributed by atoms with Crippen LogP contribution in [0.3, 0.4) is 0 Å². The fourth-order valence-electron chi connectivity index (χ4n) is 2.54. The minimum absolute atomic E-state index is 0.241. The second kappa shape index (κ2) is 8.03. The zero-order chi connectivity index (χ0) is 20.3. The second-order valence-electron chi connectivity index (χ2n) is 5.98. The van der Waals surface area contributed by atoms with Crippen LogP contribution in [0.1, 0.15) is 18.5 Å². The SMILES string of the molecule is C[C@@H](C(=O)Nc1cc(Cl)ccc1C#N)n1nc(-c2ccc(F)cc2)ccc1=O. The van der Waals surface area contributed by atoms with Crippen LogP contribution >= 0.6 is 11.6 Å². The number of nitrogens with zero attached hydrogens (tertiary/aromatic N) is 3. The number of halogens is 2. The van der Waals surface area contributed by atoms with Crippen molar-refractivity contribution >= 4 is 23.2 Å². The van der Waals surface area contributed by atoms with Gasteiger partial charge in [-0.05, 0) is 55.5 Å². The Labute approximate surface area is 164 Å². The van der Waals surface area contributed by atoms with Gasteiger partial charge < -0.3 is 5.32 Å². The number of anilines is 1. The molecular formula is C20H14ClFN4O2. The van der Waals surface area contributed by atoms with Gasteiger partial charge in [0.05, 0.1) is 16.9 Å². The van der Waals surface area contributed by atoms with E-state index in [-0.39, 0.29) is 17.1 Å². The van der Waals surface area contributed by atoms with E-state index >= 15 is 0 Å². The van der Waals surface area contributed by atoms with Crippen LogP contribution in [0.25, 0.3) is 11.3 Å². The summed E-state index contributed by atoms with van der Waals surface area (Å²) in [5.41, 5.74) is 1.03. The first-order chi connectivity index (χ1) is 13.4. The molecule has 2 aromatic carbocycles. The molecule has 140 valence electrons. The van der Waals surface area contributed by atoms with E-state index in [2.05, 4.69) is 10.4 Å². The van der Waals surface area contributed by atoms with Crippen LogP contribution in [-0.2, 0) is 4.79 Å². The van der Waals surface area contributed by atoms with Gasteiger partial charge in [0, 0.05) is 16.7 Å². The lowest BCUT2D eigenvalue weighted by Crippen LogP contribution is -2.33. The minimum Gasteiger partial charge on any atom is -0.323 e. The van der Waals surface area contributed by atoms with E-state index < -0.39 is 17.5 Å². The summed E-state index contributed by atoms with van der Waals surface area (Å²) in [6.45, 7) is 1.51. The molecule has 0 spiro atoms. The van der Waals surface area contributed by atoms with Gasteiger partial charge in [-0.25, -0.2) is 9.07 Å². The highest BCUT2D eigenvalue weighted by molar-refractivity contribution is 6.31. The van der Waals surface area contributed by atoms with E-state index in [1.165, 1.54) is 61.5 Å². The lowest BCUT2D eigenvalue weighted by Gasteiger charge is -2.15. The lowest BCUT2D eigenvalue weighted by molar-refractivity contribution is -0.119. The molecule has 0 saturated carbocycles. The van der Waals surface area contributed by atoms with Crippen LogP contribution in [0.5, 0.6) is 0 Å². The van der Waals surface area contributed by atoms with Crippen molar-refractivity contribution in [3.63, 3.8) is 0 Å². The maximum absolute atomic E-state index is 13.1. The fourth-order valence-corrected chi connectivity index (χ4v) is 2.72. The molecule has 1 atom stereocenters. The summed E-state index contributed by atoms with van der Waals surface area (Å²) in [5.74, 6) is -0.927. The monoisotopic (exact) mass is 396 g/mol. The fraction of sp³-hybridized carbons (Fsp3) is 0.100. The largest absolute Gasteiger partial charge is 0.323 e. The number of carbonyl (C=O) groups is 1. The van der Waals surface area contributed by atoms with E-state index in [4.69, 9.17) is 16.9 Å². The van der Waals surface area contributed by atoms with Gasteiger partial charge in [0.1, 0.15) is 17.9 Å².